The zero-order chi connectivity index (χ0) is 6.69. The number of allylic oxidation sites excluding steroid dienone is 1. The molecule has 1 rings (SSSR count). The zero-order valence-electron chi connectivity index (χ0n) is 5.24. The van der Waals surface area contributed by atoms with E-state index in [4.69, 9.17) is 4.42 Å². The molecule has 1 aromatic rings. The fraction of sp³-hybridized carbons (Fsp3) is 0.333. The van der Waals surface area contributed by atoms with E-state index in [-0.39, 0.29) is 5.92 Å². The molecule has 1 atom stereocenters. The minimum absolute atomic E-state index is 0.160. The highest BCUT2D eigenvalue weighted by Gasteiger charge is 2.04. The highest BCUT2D eigenvalue weighted by Crippen LogP contribution is 2.10. The highest BCUT2D eigenvalue weighted by atomic mass is 16.4. The van der Waals surface area contributed by atoms with Gasteiger partial charge in [-0.2, -0.15) is 0 Å². The average Bonchev–Trinajstić information content (AvgIpc) is 2.37. The summed E-state index contributed by atoms with van der Waals surface area (Å²) >= 11 is 0. The summed E-state index contributed by atoms with van der Waals surface area (Å²) in [4.78, 5) is 0. The molecule has 3 heteroatoms. The van der Waals surface area contributed by atoms with Crippen LogP contribution in [-0.2, 0) is 0 Å². The number of rotatable bonds is 2. The van der Waals surface area contributed by atoms with Crippen molar-refractivity contribution in [1.82, 2.24) is 10.2 Å². The maximum absolute atomic E-state index is 4.89. The Kier molecular flexibility index (Phi) is 1.63. The van der Waals surface area contributed by atoms with Crippen molar-refractivity contribution in [3.63, 3.8) is 0 Å². The van der Waals surface area contributed by atoms with Gasteiger partial charge < -0.3 is 4.42 Å². The SMILES string of the molecule is C=CC(C)c1nnco1. The second kappa shape index (κ2) is 2.44. The van der Waals surface area contributed by atoms with Crippen molar-refractivity contribution < 1.29 is 4.42 Å². The highest BCUT2D eigenvalue weighted by molar-refractivity contribution is 4.96. The van der Waals surface area contributed by atoms with Crippen molar-refractivity contribution in [3.05, 3.63) is 24.9 Å². The quantitative estimate of drug-likeness (QED) is 0.559. The van der Waals surface area contributed by atoms with E-state index in [0.29, 0.717) is 5.89 Å². The zero-order valence-corrected chi connectivity index (χ0v) is 5.24. The maximum Gasteiger partial charge on any atom is 0.222 e. The number of hydrogen-bond donors (Lipinski definition) is 0. The molecule has 0 bridgehead atoms. The molecule has 0 aliphatic rings. The van der Waals surface area contributed by atoms with Crippen molar-refractivity contribution in [3.8, 4) is 0 Å². The third-order valence-corrected chi connectivity index (χ3v) is 1.12. The molecule has 0 fully saturated rings. The molecular weight excluding hydrogens is 116 g/mol. The van der Waals surface area contributed by atoms with Crippen LogP contribution in [-0.4, -0.2) is 10.2 Å². The van der Waals surface area contributed by atoms with Crippen molar-refractivity contribution >= 4 is 0 Å². The van der Waals surface area contributed by atoms with Gasteiger partial charge in [-0.05, 0) is 0 Å². The summed E-state index contributed by atoms with van der Waals surface area (Å²) in [6.45, 7) is 5.53. The summed E-state index contributed by atoms with van der Waals surface area (Å²) in [5.41, 5.74) is 0. The van der Waals surface area contributed by atoms with Crippen LogP contribution < -0.4 is 0 Å². The Morgan fingerprint density at radius 3 is 3.11 bits per heavy atom. The molecule has 0 spiro atoms. The standard InChI is InChI=1S/C6H8N2O/c1-3-5(2)6-8-7-4-9-6/h3-5H,1H2,2H3. The molecule has 0 radical (unpaired) electrons. The van der Waals surface area contributed by atoms with Crippen LogP contribution in [0.5, 0.6) is 0 Å². The summed E-state index contributed by atoms with van der Waals surface area (Å²) in [7, 11) is 0. The molecule has 3 nitrogen and oxygen atoms in total. The lowest BCUT2D eigenvalue weighted by atomic mass is 10.2. The summed E-state index contributed by atoms with van der Waals surface area (Å²) in [5.74, 6) is 0.775. The largest absolute Gasteiger partial charge is 0.427 e. The lowest BCUT2D eigenvalue weighted by Gasteiger charge is -1.93. The molecule has 0 saturated heterocycles. The van der Waals surface area contributed by atoms with Gasteiger partial charge in [0.2, 0.25) is 12.3 Å². The van der Waals surface area contributed by atoms with Crippen LogP contribution in [0.15, 0.2) is 23.5 Å². The molecular formula is C6H8N2O. The van der Waals surface area contributed by atoms with Crippen LogP contribution in [0, 0.1) is 0 Å². The van der Waals surface area contributed by atoms with Crippen molar-refractivity contribution in [2.45, 2.75) is 12.8 Å². The fourth-order valence-electron chi connectivity index (χ4n) is 0.481. The molecule has 0 amide bonds. The molecule has 0 aromatic carbocycles. The molecule has 0 aliphatic heterocycles. The van der Waals surface area contributed by atoms with Crippen LogP contribution in [0.4, 0.5) is 0 Å². The van der Waals surface area contributed by atoms with Gasteiger partial charge in [-0.1, -0.05) is 13.0 Å². The minimum Gasteiger partial charge on any atom is -0.427 e. The molecule has 1 heterocycles. The first-order valence-electron chi connectivity index (χ1n) is 2.73. The lowest BCUT2D eigenvalue weighted by molar-refractivity contribution is 0.483. The topological polar surface area (TPSA) is 38.9 Å². The van der Waals surface area contributed by atoms with Gasteiger partial charge >= 0.3 is 0 Å². The minimum atomic E-state index is 0.160. The Balaban J connectivity index is 2.76. The smallest absolute Gasteiger partial charge is 0.222 e. The predicted molar refractivity (Wildman–Crippen MR) is 32.9 cm³/mol. The Morgan fingerprint density at radius 1 is 1.89 bits per heavy atom. The fourth-order valence-corrected chi connectivity index (χ4v) is 0.481. The van der Waals surface area contributed by atoms with Gasteiger partial charge in [0, 0.05) is 0 Å². The van der Waals surface area contributed by atoms with E-state index in [1.54, 1.807) is 6.08 Å². The van der Waals surface area contributed by atoms with E-state index >= 15 is 0 Å². The second-order valence-corrected chi connectivity index (χ2v) is 1.80. The molecule has 0 aliphatic carbocycles. The van der Waals surface area contributed by atoms with E-state index in [2.05, 4.69) is 16.8 Å². The van der Waals surface area contributed by atoms with E-state index in [9.17, 15) is 0 Å². The normalized spacial score (nSPS) is 13.0. The third-order valence-electron chi connectivity index (χ3n) is 1.12. The molecule has 48 valence electrons. The van der Waals surface area contributed by atoms with Crippen LogP contribution >= 0.6 is 0 Å². The molecule has 1 unspecified atom stereocenters. The van der Waals surface area contributed by atoms with Gasteiger partial charge in [0.05, 0.1) is 5.92 Å². The molecule has 0 N–H and O–H groups in total. The third kappa shape index (κ3) is 1.16. The second-order valence-electron chi connectivity index (χ2n) is 1.80. The van der Waals surface area contributed by atoms with Crippen molar-refractivity contribution in [2.24, 2.45) is 0 Å². The van der Waals surface area contributed by atoms with Gasteiger partial charge in [0.25, 0.3) is 0 Å². The van der Waals surface area contributed by atoms with Gasteiger partial charge in [0.15, 0.2) is 0 Å². The van der Waals surface area contributed by atoms with Gasteiger partial charge in [-0.25, -0.2) is 0 Å². The van der Waals surface area contributed by atoms with Crippen LogP contribution in [0.2, 0.25) is 0 Å². The van der Waals surface area contributed by atoms with Gasteiger partial charge in [-0.3, -0.25) is 0 Å². The molecule has 1 aromatic heterocycles. The Morgan fingerprint density at radius 2 is 2.67 bits per heavy atom. The summed E-state index contributed by atoms with van der Waals surface area (Å²) in [6.07, 6.45) is 3.07. The molecule has 0 saturated carbocycles. The van der Waals surface area contributed by atoms with Crippen molar-refractivity contribution in [2.75, 3.05) is 0 Å². The first kappa shape index (κ1) is 6.01. The number of hydrogen-bond acceptors (Lipinski definition) is 3. The van der Waals surface area contributed by atoms with E-state index in [0.717, 1.165) is 0 Å². The first-order valence-corrected chi connectivity index (χ1v) is 2.73. The first-order chi connectivity index (χ1) is 4.34. The maximum atomic E-state index is 4.89. The molecule has 9 heavy (non-hydrogen) atoms. The van der Waals surface area contributed by atoms with Crippen LogP contribution in [0.1, 0.15) is 18.7 Å². The van der Waals surface area contributed by atoms with E-state index in [1.807, 2.05) is 6.92 Å². The predicted octanol–water partition coefficient (Wildman–Crippen LogP) is 1.36. The summed E-state index contributed by atoms with van der Waals surface area (Å²) < 4.78 is 4.89. The van der Waals surface area contributed by atoms with E-state index < -0.39 is 0 Å². The summed E-state index contributed by atoms with van der Waals surface area (Å²) in [6, 6.07) is 0. The van der Waals surface area contributed by atoms with E-state index in [1.165, 1.54) is 6.39 Å². The van der Waals surface area contributed by atoms with Gasteiger partial charge in [0.1, 0.15) is 0 Å². The Bertz CT molecular complexity index is 181. The van der Waals surface area contributed by atoms with Crippen molar-refractivity contribution in [1.29, 1.82) is 0 Å². The number of nitrogens with zero attached hydrogens (tertiary/aromatic N) is 2. The van der Waals surface area contributed by atoms with Gasteiger partial charge in [-0.15, -0.1) is 16.8 Å². The summed E-state index contributed by atoms with van der Waals surface area (Å²) in [5, 5.41) is 7.23. The Hall–Kier alpha value is -1.12. The average molecular weight is 124 g/mol. The van der Waals surface area contributed by atoms with Crippen LogP contribution in [0.25, 0.3) is 0 Å². The number of aromatic nitrogens is 2. The Labute approximate surface area is 53.4 Å². The van der Waals surface area contributed by atoms with Crippen LogP contribution in [0.3, 0.4) is 0 Å². The lowest BCUT2D eigenvalue weighted by Crippen LogP contribution is -1.87. The monoisotopic (exact) mass is 124 g/mol.